The van der Waals surface area contributed by atoms with Crippen LogP contribution in [-0.2, 0) is 11.2 Å². The van der Waals surface area contributed by atoms with Crippen LogP contribution in [0, 0.1) is 11.3 Å². The summed E-state index contributed by atoms with van der Waals surface area (Å²) < 4.78 is 0. The number of nitrogens with one attached hydrogen (secondary N) is 2. The number of aryl methyl sites for hydroxylation is 1. The predicted molar refractivity (Wildman–Crippen MR) is 85.5 cm³/mol. The highest BCUT2D eigenvalue weighted by Crippen LogP contribution is 2.19. The summed E-state index contributed by atoms with van der Waals surface area (Å²) in [6.45, 7) is 3.78. The standard InChI is InChI=1S/C16H22N4O2/c1-5-13-9-12(10-17)6-7-14(13)19-16(22)20(4)11(2)8-15(21)18-3/h6-7,9,11H,5,8H2,1-4H3,(H,18,21)(H,19,22). The van der Waals surface area contributed by atoms with Crippen molar-refractivity contribution >= 4 is 17.6 Å². The Labute approximate surface area is 131 Å². The third-order valence-corrected chi connectivity index (χ3v) is 3.60. The number of hydrogen-bond donors (Lipinski definition) is 2. The van der Waals surface area contributed by atoms with E-state index in [1.54, 1.807) is 32.3 Å². The van der Waals surface area contributed by atoms with Gasteiger partial charge in [-0.3, -0.25) is 4.79 Å². The van der Waals surface area contributed by atoms with Crippen LogP contribution in [0.15, 0.2) is 18.2 Å². The van der Waals surface area contributed by atoms with E-state index in [-0.39, 0.29) is 24.4 Å². The van der Waals surface area contributed by atoms with E-state index in [1.807, 2.05) is 13.8 Å². The highest BCUT2D eigenvalue weighted by Gasteiger charge is 2.19. The number of benzene rings is 1. The molecule has 6 nitrogen and oxygen atoms in total. The zero-order valence-corrected chi connectivity index (χ0v) is 13.4. The monoisotopic (exact) mass is 302 g/mol. The third-order valence-electron chi connectivity index (χ3n) is 3.60. The Hall–Kier alpha value is -2.55. The smallest absolute Gasteiger partial charge is 0.321 e. The van der Waals surface area contributed by atoms with Crippen LogP contribution >= 0.6 is 0 Å². The molecule has 3 amide bonds. The molecule has 6 heteroatoms. The van der Waals surface area contributed by atoms with Crippen LogP contribution in [0.5, 0.6) is 0 Å². The van der Waals surface area contributed by atoms with Gasteiger partial charge in [-0.25, -0.2) is 4.79 Å². The van der Waals surface area contributed by atoms with E-state index in [0.717, 1.165) is 5.56 Å². The molecule has 1 rings (SSSR count). The van der Waals surface area contributed by atoms with Crippen molar-refractivity contribution in [2.24, 2.45) is 0 Å². The molecule has 0 spiro atoms. The first-order valence-electron chi connectivity index (χ1n) is 7.20. The average molecular weight is 302 g/mol. The van der Waals surface area contributed by atoms with E-state index in [9.17, 15) is 9.59 Å². The van der Waals surface area contributed by atoms with Crippen molar-refractivity contribution in [2.45, 2.75) is 32.7 Å². The molecule has 2 N–H and O–H groups in total. The largest absolute Gasteiger partial charge is 0.359 e. The van der Waals surface area contributed by atoms with E-state index in [1.165, 1.54) is 4.90 Å². The summed E-state index contributed by atoms with van der Waals surface area (Å²) >= 11 is 0. The zero-order valence-electron chi connectivity index (χ0n) is 13.4. The van der Waals surface area contributed by atoms with Crippen molar-refractivity contribution in [3.63, 3.8) is 0 Å². The van der Waals surface area contributed by atoms with E-state index in [2.05, 4.69) is 16.7 Å². The van der Waals surface area contributed by atoms with Gasteiger partial charge >= 0.3 is 6.03 Å². The Morgan fingerprint density at radius 2 is 2.09 bits per heavy atom. The van der Waals surface area contributed by atoms with Gasteiger partial charge < -0.3 is 15.5 Å². The second-order valence-corrected chi connectivity index (χ2v) is 5.10. The molecule has 1 aromatic rings. The minimum Gasteiger partial charge on any atom is -0.359 e. The quantitative estimate of drug-likeness (QED) is 0.873. The molecule has 0 aliphatic heterocycles. The van der Waals surface area contributed by atoms with Gasteiger partial charge in [0.1, 0.15) is 0 Å². The maximum atomic E-state index is 12.3. The van der Waals surface area contributed by atoms with E-state index >= 15 is 0 Å². The summed E-state index contributed by atoms with van der Waals surface area (Å²) in [6.07, 6.45) is 0.955. The highest BCUT2D eigenvalue weighted by molar-refractivity contribution is 5.90. The molecule has 1 unspecified atom stereocenters. The van der Waals surface area contributed by atoms with E-state index in [4.69, 9.17) is 5.26 Å². The molecular formula is C16H22N4O2. The Kier molecular flexibility index (Phi) is 6.39. The lowest BCUT2D eigenvalue weighted by molar-refractivity contribution is -0.121. The summed E-state index contributed by atoms with van der Waals surface area (Å²) in [5, 5.41) is 14.3. The lowest BCUT2D eigenvalue weighted by Gasteiger charge is -2.25. The number of rotatable bonds is 5. The molecule has 22 heavy (non-hydrogen) atoms. The van der Waals surface area contributed by atoms with Crippen molar-refractivity contribution in [2.75, 3.05) is 19.4 Å². The normalized spacial score (nSPS) is 11.2. The molecule has 0 aliphatic carbocycles. The van der Waals surface area contributed by atoms with Gasteiger partial charge in [0.2, 0.25) is 5.91 Å². The highest BCUT2D eigenvalue weighted by atomic mass is 16.2. The van der Waals surface area contributed by atoms with Crippen LogP contribution in [0.1, 0.15) is 31.4 Å². The van der Waals surface area contributed by atoms with Gasteiger partial charge in [0, 0.05) is 32.2 Å². The van der Waals surface area contributed by atoms with Crippen molar-refractivity contribution < 1.29 is 9.59 Å². The maximum absolute atomic E-state index is 12.3. The molecule has 0 heterocycles. The van der Waals surface area contributed by atoms with Gasteiger partial charge in [0.25, 0.3) is 0 Å². The topological polar surface area (TPSA) is 85.2 Å². The van der Waals surface area contributed by atoms with Crippen molar-refractivity contribution in [1.82, 2.24) is 10.2 Å². The first-order chi connectivity index (χ1) is 10.4. The van der Waals surface area contributed by atoms with Crippen LogP contribution < -0.4 is 10.6 Å². The summed E-state index contributed by atoms with van der Waals surface area (Å²) in [7, 11) is 3.22. The van der Waals surface area contributed by atoms with Crippen LogP contribution in [0.25, 0.3) is 0 Å². The van der Waals surface area contributed by atoms with Crippen molar-refractivity contribution in [3.05, 3.63) is 29.3 Å². The van der Waals surface area contributed by atoms with Crippen LogP contribution in [0.2, 0.25) is 0 Å². The van der Waals surface area contributed by atoms with Gasteiger partial charge in [-0.05, 0) is 37.1 Å². The first-order valence-corrected chi connectivity index (χ1v) is 7.20. The molecule has 0 saturated heterocycles. The van der Waals surface area contributed by atoms with Crippen molar-refractivity contribution in [1.29, 1.82) is 5.26 Å². The SMILES string of the molecule is CCc1cc(C#N)ccc1NC(=O)N(C)C(C)CC(=O)NC. The lowest BCUT2D eigenvalue weighted by Crippen LogP contribution is -2.40. The third kappa shape index (κ3) is 4.48. The number of anilines is 1. The minimum absolute atomic E-state index is 0.111. The number of nitriles is 1. The molecule has 0 aromatic heterocycles. The molecule has 1 atom stereocenters. The Morgan fingerprint density at radius 1 is 1.41 bits per heavy atom. The molecule has 0 aliphatic rings. The average Bonchev–Trinajstić information content (AvgIpc) is 2.53. The molecule has 0 radical (unpaired) electrons. The van der Waals surface area contributed by atoms with Gasteiger partial charge in [-0.2, -0.15) is 5.26 Å². The number of hydrogen-bond acceptors (Lipinski definition) is 3. The fraction of sp³-hybridized carbons (Fsp3) is 0.438. The Balaban J connectivity index is 2.80. The fourth-order valence-corrected chi connectivity index (χ4v) is 1.99. The second kappa shape index (κ2) is 8.03. The fourth-order valence-electron chi connectivity index (χ4n) is 1.99. The number of carbonyl (C=O) groups is 2. The molecular weight excluding hydrogens is 280 g/mol. The summed E-state index contributed by atoms with van der Waals surface area (Å²) in [5.41, 5.74) is 2.15. The van der Waals surface area contributed by atoms with E-state index in [0.29, 0.717) is 17.7 Å². The zero-order chi connectivity index (χ0) is 16.7. The number of amides is 3. The van der Waals surface area contributed by atoms with Crippen LogP contribution in [0.4, 0.5) is 10.5 Å². The van der Waals surface area contributed by atoms with Gasteiger partial charge in [0.05, 0.1) is 11.6 Å². The van der Waals surface area contributed by atoms with Gasteiger partial charge in [-0.15, -0.1) is 0 Å². The Morgan fingerprint density at radius 3 is 2.64 bits per heavy atom. The van der Waals surface area contributed by atoms with Crippen LogP contribution in [-0.4, -0.2) is 37.0 Å². The summed E-state index contributed by atoms with van der Waals surface area (Å²) in [5.74, 6) is -0.111. The number of urea groups is 1. The van der Waals surface area contributed by atoms with Gasteiger partial charge in [-0.1, -0.05) is 6.92 Å². The van der Waals surface area contributed by atoms with E-state index < -0.39 is 0 Å². The summed E-state index contributed by atoms with van der Waals surface area (Å²) in [4.78, 5) is 25.1. The second-order valence-electron chi connectivity index (χ2n) is 5.10. The number of nitrogens with zero attached hydrogens (tertiary/aromatic N) is 2. The maximum Gasteiger partial charge on any atom is 0.321 e. The minimum atomic E-state index is -0.282. The van der Waals surface area contributed by atoms with Crippen molar-refractivity contribution in [3.8, 4) is 6.07 Å². The lowest BCUT2D eigenvalue weighted by atomic mass is 10.1. The number of carbonyl (C=O) groups excluding carboxylic acids is 2. The van der Waals surface area contributed by atoms with Crippen LogP contribution in [0.3, 0.4) is 0 Å². The predicted octanol–water partition coefficient (Wildman–Crippen LogP) is 2.11. The van der Waals surface area contributed by atoms with Gasteiger partial charge in [0.15, 0.2) is 0 Å². The molecule has 0 bridgehead atoms. The summed E-state index contributed by atoms with van der Waals surface area (Å²) in [6, 6.07) is 6.75. The first kappa shape index (κ1) is 17.5. The molecule has 118 valence electrons. The Bertz CT molecular complexity index is 592. The molecule has 0 saturated carbocycles. The molecule has 1 aromatic carbocycles. The molecule has 0 fully saturated rings.